The zero-order valence-electron chi connectivity index (χ0n) is 16.8. The lowest BCUT2D eigenvalue weighted by molar-refractivity contribution is -0.142. The van der Waals surface area contributed by atoms with Crippen LogP contribution in [-0.2, 0) is 25.7 Å². The Kier molecular flexibility index (Phi) is 12.2. The first-order valence-electron chi connectivity index (χ1n) is 9.58. The van der Waals surface area contributed by atoms with Crippen LogP contribution in [0.5, 0.6) is 0 Å². The molecule has 9 nitrogen and oxygen atoms in total. The van der Waals surface area contributed by atoms with Gasteiger partial charge in [0.05, 0.1) is 0 Å². The van der Waals surface area contributed by atoms with Gasteiger partial charge in [-0.3, -0.25) is 9.59 Å². The number of nitrogens with one attached hydrogen (secondary N) is 2. The first-order chi connectivity index (χ1) is 14.3. The minimum Gasteiger partial charge on any atom is -0.480 e. The van der Waals surface area contributed by atoms with E-state index in [2.05, 4.69) is 10.6 Å². The molecule has 0 aliphatic carbocycles. The van der Waals surface area contributed by atoms with Gasteiger partial charge in [-0.15, -0.1) is 0 Å². The summed E-state index contributed by atoms with van der Waals surface area (Å²) < 4.78 is 5.12. The van der Waals surface area contributed by atoms with Gasteiger partial charge in [0.2, 0.25) is 5.91 Å². The van der Waals surface area contributed by atoms with Gasteiger partial charge in [0, 0.05) is 19.3 Å². The Morgan fingerprint density at radius 1 is 1.03 bits per heavy atom. The number of carbonyl (C=O) groups excluding carboxylic acids is 3. The fraction of sp³-hybridized carbons (Fsp3) is 0.500. The lowest BCUT2D eigenvalue weighted by Crippen LogP contribution is -2.51. The molecule has 0 radical (unpaired) electrons. The third-order valence-corrected chi connectivity index (χ3v) is 4.90. The summed E-state index contributed by atoms with van der Waals surface area (Å²) in [6.07, 6.45) is 0.293. The lowest BCUT2D eigenvalue weighted by Gasteiger charge is -2.21. The number of aliphatic carboxylic acids is 1. The fourth-order valence-electron chi connectivity index (χ4n) is 2.49. The van der Waals surface area contributed by atoms with Crippen LogP contribution in [0.15, 0.2) is 30.3 Å². The zero-order valence-corrected chi connectivity index (χ0v) is 17.7. The van der Waals surface area contributed by atoms with E-state index in [4.69, 9.17) is 9.84 Å². The third-order valence-electron chi connectivity index (χ3n) is 4.05. The molecule has 4 N–H and O–H groups in total. The van der Waals surface area contributed by atoms with Gasteiger partial charge in [0.25, 0.3) is 0 Å². The molecule has 0 fully saturated rings. The highest BCUT2D eigenvalue weighted by molar-refractivity contribution is 8.13. The largest absolute Gasteiger partial charge is 0.480 e. The minimum absolute atomic E-state index is 0.0160. The van der Waals surface area contributed by atoms with Crippen molar-refractivity contribution in [1.29, 1.82) is 0 Å². The summed E-state index contributed by atoms with van der Waals surface area (Å²) in [4.78, 5) is 47.3. The van der Waals surface area contributed by atoms with Crippen LogP contribution >= 0.6 is 11.8 Å². The molecule has 1 rings (SSSR count). The molecule has 0 aliphatic heterocycles. The van der Waals surface area contributed by atoms with E-state index >= 15 is 0 Å². The molecule has 0 aromatic heterocycles. The quantitative estimate of drug-likeness (QED) is 0.339. The number of aliphatic hydroxyl groups is 1. The highest BCUT2D eigenvalue weighted by Crippen LogP contribution is 2.09. The Morgan fingerprint density at radius 2 is 1.73 bits per heavy atom. The first-order valence-corrected chi connectivity index (χ1v) is 10.6. The number of rotatable bonds is 13. The van der Waals surface area contributed by atoms with Gasteiger partial charge in [-0.2, -0.15) is 0 Å². The van der Waals surface area contributed by atoms with Crippen molar-refractivity contribution in [2.24, 2.45) is 0 Å². The molecular weight excluding hydrogens is 412 g/mol. The Bertz CT molecular complexity index is 700. The molecule has 0 heterocycles. The summed E-state index contributed by atoms with van der Waals surface area (Å²) in [5.41, 5.74) is 0.774. The number of carboxylic acid groups (broad SMARTS) is 1. The number of carbonyl (C=O) groups is 4. The van der Waals surface area contributed by atoms with Crippen LogP contribution in [0.25, 0.3) is 0 Å². The van der Waals surface area contributed by atoms with Crippen molar-refractivity contribution in [1.82, 2.24) is 10.6 Å². The maximum absolute atomic E-state index is 12.6. The minimum atomic E-state index is -1.20. The van der Waals surface area contributed by atoms with E-state index in [1.807, 2.05) is 6.07 Å². The second-order valence-corrected chi connectivity index (χ2v) is 7.78. The van der Waals surface area contributed by atoms with Crippen molar-refractivity contribution in [2.75, 3.05) is 12.4 Å². The van der Waals surface area contributed by atoms with E-state index in [1.165, 1.54) is 6.92 Å². The van der Waals surface area contributed by atoms with Gasteiger partial charge in [-0.1, -0.05) is 42.1 Å². The van der Waals surface area contributed by atoms with Crippen molar-refractivity contribution in [3.63, 3.8) is 0 Å². The molecule has 0 aliphatic rings. The van der Waals surface area contributed by atoms with Crippen LogP contribution in [0.4, 0.5) is 4.79 Å². The van der Waals surface area contributed by atoms with Crippen LogP contribution in [-0.4, -0.2) is 57.7 Å². The first kappa shape index (κ1) is 25.4. The van der Waals surface area contributed by atoms with E-state index in [9.17, 15) is 24.3 Å². The molecule has 0 unspecified atom stereocenters. The highest BCUT2D eigenvalue weighted by atomic mass is 32.2. The van der Waals surface area contributed by atoms with Crippen LogP contribution in [0.1, 0.15) is 38.2 Å². The van der Waals surface area contributed by atoms with E-state index in [0.717, 1.165) is 17.3 Å². The van der Waals surface area contributed by atoms with E-state index in [0.29, 0.717) is 12.8 Å². The summed E-state index contributed by atoms with van der Waals surface area (Å²) in [5, 5.41) is 22.9. The number of unbranched alkanes of at least 4 members (excludes halogenated alkanes) is 1. The smallest absolute Gasteiger partial charge is 0.408 e. The van der Waals surface area contributed by atoms with E-state index in [-0.39, 0.29) is 36.9 Å². The van der Waals surface area contributed by atoms with Crippen molar-refractivity contribution in [2.45, 2.75) is 51.3 Å². The predicted octanol–water partition coefficient (Wildman–Crippen LogP) is 1.68. The van der Waals surface area contributed by atoms with Crippen LogP contribution < -0.4 is 10.6 Å². The average molecular weight is 441 g/mol. The highest BCUT2D eigenvalue weighted by Gasteiger charge is 2.26. The molecular formula is C20H28N2O7S. The Morgan fingerprint density at radius 3 is 2.33 bits per heavy atom. The number of benzene rings is 1. The van der Waals surface area contributed by atoms with Crippen molar-refractivity contribution in [3.8, 4) is 0 Å². The molecule has 0 saturated heterocycles. The second-order valence-electron chi connectivity index (χ2n) is 6.51. The Hall–Kier alpha value is -2.59. The van der Waals surface area contributed by atoms with E-state index in [1.54, 1.807) is 24.3 Å². The van der Waals surface area contributed by atoms with Gasteiger partial charge < -0.3 is 25.6 Å². The standard InChI is InChI=1S/C20H28N2O7S/c1-14(24)30-12-10-16(18(25)21-17(19(26)27)9-5-6-11-23)22-20(28)29-13-15-7-3-2-4-8-15/h2-4,7-8,16-17,23H,5-6,9-13H2,1H3,(H,21,25)(H,22,28)(H,26,27)/t16-,17-/m0/s1. The Labute approximate surface area is 179 Å². The SMILES string of the molecule is CC(=O)SCC[C@H](NC(=O)OCc1ccccc1)C(=O)N[C@@H](CCCCO)C(=O)O. The van der Waals surface area contributed by atoms with Crippen molar-refractivity contribution in [3.05, 3.63) is 35.9 Å². The maximum Gasteiger partial charge on any atom is 0.408 e. The number of amides is 2. The van der Waals surface area contributed by atoms with Gasteiger partial charge >= 0.3 is 12.1 Å². The molecule has 0 bridgehead atoms. The number of ether oxygens (including phenoxy) is 1. The molecule has 2 atom stereocenters. The number of alkyl carbamates (subject to hydrolysis) is 1. The molecule has 166 valence electrons. The molecule has 1 aromatic rings. The molecule has 0 saturated carbocycles. The molecule has 2 amide bonds. The summed E-state index contributed by atoms with van der Waals surface area (Å²) in [7, 11) is 0. The summed E-state index contributed by atoms with van der Waals surface area (Å²) in [6.45, 7) is 1.34. The molecule has 0 spiro atoms. The summed E-state index contributed by atoms with van der Waals surface area (Å²) in [6, 6.07) is 6.80. The third kappa shape index (κ3) is 10.8. The van der Waals surface area contributed by atoms with E-state index < -0.39 is 30.1 Å². The summed E-state index contributed by atoms with van der Waals surface area (Å²) >= 11 is 1.00. The normalized spacial score (nSPS) is 12.5. The predicted molar refractivity (Wildman–Crippen MR) is 112 cm³/mol. The number of thioether (sulfide) groups is 1. The molecule has 1 aromatic carbocycles. The van der Waals surface area contributed by atoms with Gasteiger partial charge in [-0.25, -0.2) is 9.59 Å². The maximum atomic E-state index is 12.6. The van der Waals surface area contributed by atoms with Crippen molar-refractivity contribution < 1.29 is 34.1 Å². The van der Waals surface area contributed by atoms with Gasteiger partial charge in [0.1, 0.15) is 18.7 Å². The number of carboxylic acids is 1. The number of hydrogen-bond acceptors (Lipinski definition) is 7. The number of hydrogen-bond donors (Lipinski definition) is 4. The summed E-state index contributed by atoms with van der Waals surface area (Å²) in [5.74, 6) is -1.61. The molecule has 30 heavy (non-hydrogen) atoms. The van der Waals surface area contributed by atoms with Gasteiger partial charge in [0.15, 0.2) is 5.12 Å². The number of aliphatic hydroxyl groups excluding tert-OH is 1. The Balaban J connectivity index is 2.69. The van der Waals surface area contributed by atoms with Crippen LogP contribution in [0.2, 0.25) is 0 Å². The fourth-order valence-corrected chi connectivity index (χ4v) is 3.13. The second kappa shape index (κ2) is 14.4. The zero-order chi connectivity index (χ0) is 22.4. The van der Waals surface area contributed by atoms with Gasteiger partial charge in [-0.05, 0) is 31.2 Å². The van der Waals surface area contributed by atoms with Crippen LogP contribution in [0, 0.1) is 0 Å². The average Bonchev–Trinajstić information content (AvgIpc) is 2.71. The topological polar surface area (TPSA) is 142 Å². The van der Waals surface area contributed by atoms with Crippen LogP contribution in [0.3, 0.4) is 0 Å². The molecule has 10 heteroatoms. The monoisotopic (exact) mass is 440 g/mol. The lowest BCUT2D eigenvalue weighted by atomic mass is 10.1. The van der Waals surface area contributed by atoms with Crippen molar-refractivity contribution >= 4 is 34.8 Å².